The molecular formula is C11H16N2O2S. The number of hydrogen-bond donors (Lipinski definition) is 1. The van der Waals surface area contributed by atoms with Crippen LogP contribution >= 0.6 is 11.3 Å². The molecule has 88 valence electrons. The smallest absolute Gasteiger partial charge is 0.223 e. The number of aliphatic hydroxyl groups is 1. The number of nitrogens with zero attached hydrogens (tertiary/aromatic N) is 2. The van der Waals surface area contributed by atoms with Gasteiger partial charge in [0.2, 0.25) is 5.91 Å². The topological polar surface area (TPSA) is 53.4 Å². The second-order valence-corrected chi connectivity index (χ2v) is 4.76. The summed E-state index contributed by atoms with van der Waals surface area (Å²) in [5.41, 5.74) is 2.77. The van der Waals surface area contributed by atoms with E-state index in [1.54, 1.807) is 16.8 Å². The molecule has 1 aromatic heterocycles. The number of aryl methyl sites for hydroxylation is 1. The highest BCUT2D eigenvalue weighted by molar-refractivity contribution is 7.07. The van der Waals surface area contributed by atoms with Crippen molar-refractivity contribution in [2.45, 2.75) is 31.7 Å². The Kier molecular flexibility index (Phi) is 3.90. The molecule has 2 heterocycles. The van der Waals surface area contributed by atoms with E-state index in [0.717, 1.165) is 25.1 Å². The van der Waals surface area contributed by atoms with Crippen molar-refractivity contribution in [1.82, 2.24) is 9.88 Å². The maximum atomic E-state index is 11.9. The molecular weight excluding hydrogens is 224 g/mol. The summed E-state index contributed by atoms with van der Waals surface area (Å²) in [5, 5.41) is 11.1. The van der Waals surface area contributed by atoms with Crippen molar-refractivity contribution in [3.05, 3.63) is 16.6 Å². The third kappa shape index (κ3) is 2.59. The summed E-state index contributed by atoms with van der Waals surface area (Å²) >= 11 is 1.55. The van der Waals surface area contributed by atoms with E-state index in [0.29, 0.717) is 12.8 Å². The van der Waals surface area contributed by atoms with Gasteiger partial charge in [0.1, 0.15) is 0 Å². The van der Waals surface area contributed by atoms with Crippen LogP contribution in [-0.2, 0) is 11.2 Å². The molecule has 0 bridgehead atoms. The lowest BCUT2D eigenvalue weighted by atomic mass is 10.2. The van der Waals surface area contributed by atoms with Gasteiger partial charge < -0.3 is 10.0 Å². The molecule has 0 radical (unpaired) electrons. The zero-order valence-corrected chi connectivity index (χ0v) is 9.95. The van der Waals surface area contributed by atoms with Crippen LogP contribution in [0.2, 0.25) is 0 Å². The van der Waals surface area contributed by atoms with Gasteiger partial charge in [0.05, 0.1) is 23.9 Å². The Bertz CT molecular complexity index is 340. The third-order valence-electron chi connectivity index (χ3n) is 2.99. The number of thiazole rings is 1. The van der Waals surface area contributed by atoms with E-state index < -0.39 is 0 Å². The Hall–Kier alpha value is -0.940. The van der Waals surface area contributed by atoms with E-state index in [4.69, 9.17) is 5.11 Å². The molecule has 0 aromatic carbocycles. The van der Waals surface area contributed by atoms with Crippen molar-refractivity contribution < 1.29 is 9.90 Å². The fourth-order valence-corrected chi connectivity index (χ4v) is 2.69. The van der Waals surface area contributed by atoms with E-state index in [-0.39, 0.29) is 18.6 Å². The Morgan fingerprint density at radius 1 is 1.69 bits per heavy atom. The number of aliphatic hydroxyl groups excluding tert-OH is 1. The van der Waals surface area contributed by atoms with Gasteiger partial charge in [-0.2, -0.15) is 0 Å². The quantitative estimate of drug-likeness (QED) is 0.856. The summed E-state index contributed by atoms with van der Waals surface area (Å²) in [6.07, 6.45) is 3.14. The Labute approximate surface area is 98.9 Å². The van der Waals surface area contributed by atoms with Crippen molar-refractivity contribution in [3.63, 3.8) is 0 Å². The number of amides is 1. The summed E-state index contributed by atoms with van der Waals surface area (Å²) < 4.78 is 0. The van der Waals surface area contributed by atoms with Gasteiger partial charge in [-0.3, -0.25) is 4.79 Å². The first kappa shape index (κ1) is 11.5. The fourth-order valence-electron chi connectivity index (χ4n) is 2.09. The average molecular weight is 240 g/mol. The van der Waals surface area contributed by atoms with Gasteiger partial charge in [-0.25, -0.2) is 4.98 Å². The molecule has 1 saturated heterocycles. The normalized spacial score (nSPS) is 20.3. The maximum absolute atomic E-state index is 11.9. The zero-order chi connectivity index (χ0) is 11.4. The lowest BCUT2D eigenvalue weighted by molar-refractivity contribution is -0.132. The van der Waals surface area contributed by atoms with Gasteiger partial charge in [-0.1, -0.05) is 0 Å². The van der Waals surface area contributed by atoms with Gasteiger partial charge in [0.15, 0.2) is 0 Å². The van der Waals surface area contributed by atoms with Crippen molar-refractivity contribution in [2.24, 2.45) is 0 Å². The van der Waals surface area contributed by atoms with E-state index in [1.807, 2.05) is 10.3 Å². The highest BCUT2D eigenvalue weighted by Crippen LogP contribution is 2.18. The highest BCUT2D eigenvalue weighted by Gasteiger charge is 2.27. The molecule has 0 aliphatic carbocycles. The average Bonchev–Trinajstić information content (AvgIpc) is 2.96. The molecule has 16 heavy (non-hydrogen) atoms. The molecule has 0 saturated carbocycles. The second kappa shape index (κ2) is 5.41. The number of carbonyl (C=O) groups excluding carboxylic acids is 1. The molecule has 2 rings (SSSR count). The van der Waals surface area contributed by atoms with Crippen LogP contribution in [0.25, 0.3) is 0 Å². The minimum Gasteiger partial charge on any atom is -0.394 e. The van der Waals surface area contributed by atoms with Gasteiger partial charge >= 0.3 is 0 Å². The molecule has 1 N–H and O–H groups in total. The number of aromatic nitrogens is 1. The molecule has 0 spiro atoms. The summed E-state index contributed by atoms with van der Waals surface area (Å²) in [6, 6.07) is 0.0444. The third-order valence-corrected chi connectivity index (χ3v) is 3.62. The lowest BCUT2D eigenvalue weighted by Gasteiger charge is -2.22. The van der Waals surface area contributed by atoms with E-state index >= 15 is 0 Å². The van der Waals surface area contributed by atoms with E-state index in [1.165, 1.54) is 0 Å². The minimum atomic E-state index is 0.0444. The molecule has 1 fully saturated rings. The summed E-state index contributed by atoms with van der Waals surface area (Å²) in [4.78, 5) is 17.9. The van der Waals surface area contributed by atoms with Crippen LogP contribution in [0.1, 0.15) is 25.0 Å². The van der Waals surface area contributed by atoms with Gasteiger partial charge in [0.25, 0.3) is 0 Å². The van der Waals surface area contributed by atoms with Crippen LogP contribution in [0, 0.1) is 0 Å². The first-order valence-electron chi connectivity index (χ1n) is 5.58. The lowest BCUT2D eigenvalue weighted by Crippen LogP contribution is -2.37. The largest absolute Gasteiger partial charge is 0.394 e. The van der Waals surface area contributed by atoms with E-state index in [2.05, 4.69) is 4.98 Å². The molecule has 0 unspecified atom stereocenters. The van der Waals surface area contributed by atoms with Crippen molar-refractivity contribution in [3.8, 4) is 0 Å². The first-order chi connectivity index (χ1) is 7.81. The van der Waals surface area contributed by atoms with E-state index in [9.17, 15) is 4.79 Å². The molecule has 4 nitrogen and oxygen atoms in total. The number of carbonyl (C=O) groups is 1. The second-order valence-electron chi connectivity index (χ2n) is 4.05. The maximum Gasteiger partial charge on any atom is 0.223 e. The zero-order valence-electron chi connectivity index (χ0n) is 9.13. The van der Waals surface area contributed by atoms with Crippen LogP contribution in [0.3, 0.4) is 0 Å². The summed E-state index contributed by atoms with van der Waals surface area (Å²) in [7, 11) is 0. The monoisotopic (exact) mass is 240 g/mol. The molecule has 5 heteroatoms. The van der Waals surface area contributed by atoms with Crippen LogP contribution in [0.5, 0.6) is 0 Å². The van der Waals surface area contributed by atoms with Crippen molar-refractivity contribution in [1.29, 1.82) is 0 Å². The summed E-state index contributed by atoms with van der Waals surface area (Å²) in [6.45, 7) is 0.879. The highest BCUT2D eigenvalue weighted by atomic mass is 32.1. The molecule has 1 aliphatic heterocycles. The van der Waals surface area contributed by atoms with Crippen molar-refractivity contribution >= 4 is 17.2 Å². The molecule has 1 aromatic rings. The number of hydrogen-bond acceptors (Lipinski definition) is 4. The Morgan fingerprint density at radius 2 is 2.56 bits per heavy atom. The number of likely N-dealkylation sites (tertiary alicyclic amines) is 1. The Morgan fingerprint density at radius 3 is 3.25 bits per heavy atom. The predicted molar refractivity (Wildman–Crippen MR) is 62.3 cm³/mol. The van der Waals surface area contributed by atoms with Crippen LogP contribution in [0.15, 0.2) is 10.9 Å². The number of rotatable bonds is 4. The Balaban J connectivity index is 1.83. The summed E-state index contributed by atoms with van der Waals surface area (Å²) in [5.74, 6) is 0.143. The molecule has 1 amide bonds. The standard InChI is InChI=1S/C11H16N2O2S/c14-6-10-2-1-5-13(10)11(15)4-3-9-7-16-8-12-9/h7-8,10,14H,1-6H2/t10-/m1/s1. The van der Waals surface area contributed by atoms with Gasteiger partial charge in [-0.05, 0) is 19.3 Å². The van der Waals surface area contributed by atoms with Gasteiger partial charge in [-0.15, -0.1) is 11.3 Å². The minimum absolute atomic E-state index is 0.0444. The first-order valence-corrected chi connectivity index (χ1v) is 6.53. The predicted octanol–water partition coefficient (Wildman–Crippen LogP) is 1.06. The SMILES string of the molecule is O=C(CCc1cscn1)N1CCC[C@@H]1CO. The molecule has 1 aliphatic rings. The van der Waals surface area contributed by atoms with Crippen molar-refractivity contribution in [2.75, 3.05) is 13.2 Å². The van der Waals surface area contributed by atoms with Crippen LogP contribution < -0.4 is 0 Å². The van der Waals surface area contributed by atoms with Gasteiger partial charge in [0, 0.05) is 18.3 Å². The fraction of sp³-hybridized carbons (Fsp3) is 0.636. The van der Waals surface area contributed by atoms with Crippen LogP contribution in [-0.4, -0.2) is 40.1 Å². The molecule has 1 atom stereocenters. The van der Waals surface area contributed by atoms with Crippen LogP contribution in [0.4, 0.5) is 0 Å².